The minimum atomic E-state index is 0.613. The normalized spacial score (nSPS) is 11.9. The van der Waals surface area contributed by atoms with E-state index in [0.29, 0.717) is 5.95 Å². The van der Waals surface area contributed by atoms with Crippen LogP contribution in [0.2, 0.25) is 0 Å². The Labute approximate surface area is 321 Å². The highest BCUT2D eigenvalue weighted by Gasteiger charge is 2.22. The molecule has 0 fully saturated rings. The van der Waals surface area contributed by atoms with Gasteiger partial charge in [-0.15, -0.1) is 0 Å². The summed E-state index contributed by atoms with van der Waals surface area (Å²) < 4.78 is 4.62. The zero-order chi connectivity index (χ0) is 36.7. The second-order valence-electron chi connectivity index (χ2n) is 14.4. The number of nitrogens with zero attached hydrogens (tertiary/aromatic N) is 5. The topological polar surface area (TPSA) is 48.5 Å². The minimum absolute atomic E-state index is 0.613. The number of fused-ring (bicyclic) bond motifs is 10. The third-order valence-corrected chi connectivity index (χ3v) is 11.4. The second kappa shape index (κ2) is 11.9. The molecule has 8 aromatic carbocycles. The van der Waals surface area contributed by atoms with Gasteiger partial charge >= 0.3 is 0 Å². The van der Waals surface area contributed by atoms with Crippen molar-refractivity contribution in [1.82, 2.24) is 24.1 Å². The van der Waals surface area contributed by atoms with Crippen LogP contribution in [-0.2, 0) is 0 Å². The first-order chi connectivity index (χ1) is 27.8. The van der Waals surface area contributed by atoms with E-state index in [4.69, 9.17) is 15.0 Å². The van der Waals surface area contributed by atoms with E-state index in [0.717, 1.165) is 66.3 Å². The highest BCUT2D eigenvalue weighted by atomic mass is 15.2. The van der Waals surface area contributed by atoms with Gasteiger partial charge in [0.1, 0.15) is 11.2 Å². The molecule has 0 radical (unpaired) electrons. The van der Waals surface area contributed by atoms with E-state index < -0.39 is 0 Å². The van der Waals surface area contributed by atoms with E-state index in [1.807, 2.05) is 18.3 Å². The van der Waals surface area contributed by atoms with Crippen molar-refractivity contribution in [2.75, 3.05) is 0 Å². The highest BCUT2D eigenvalue weighted by Crippen LogP contribution is 2.43. The average Bonchev–Trinajstić information content (AvgIpc) is 3.78. The van der Waals surface area contributed by atoms with Crippen molar-refractivity contribution in [3.05, 3.63) is 188 Å². The molecule has 0 N–H and O–H groups in total. The molecule has 4 aromatic heterocycles. The predicted octanol–water partition coefficient (Wildman–Crippen LogP) is 12.9. The summed E-state index contributed by atoms with van der Waals surface area (Å²) in [6.07, 6.45) is 1.83. The maximum atomic E-state index is 5.44. The second-order valence-corrected chi connectivity index (χ2v) is 14.4. The van der Waals surface area contributed by atoms with Gasteiger partial charge in [0.15, 0.2) is 0 Å². The van der Waals surface area contributed by atoms with Crippen LogP contribution in [0.15, 0.2) is 188 Å². The smallest absolute Gasteiger partial charge is 0.235 e. The van der Waals surface area contributed by atoms with E-state index in [9.17, 15) is 0 Å². The van der Waals surface area contributed by atoms with Crippen LogP contribution in [-0.4, -0.2) is 24.1 Å². The standard InChI is InChI=1S/C51H31N5/c1-2-16-34(17-3-1)55-44-25-10-8-20-37(44)42-30-33(27-28-46(42)55)41-31-47-48(38-21-7-6-19-36(38)41)40-22-9-11-26-45(40)56(47)51-53-43-24-13-29-52-50(43)49(54-51)39-23-12-15-32-14-4-5-18-35(32)39/h1-31H. The Bertz CT molecular complexity index is 3540. The van der Waals surface area contributed by atoms with E-state index in [2.05, 4.69) is 179 Å². The molecule has 260 valence electrons. The van der Waals surface area contributed by atoms with Crippen LogP contribution in [0.1, 0.15) is 0 Å². The molecular formula is C51H31N5. The number of aromatic nitrogens is 5. The summed E-state index contributed by atoms with van der Waals surface area (Å²) in [5.41, 5.74) is 11.4. The Morgan fingerprint density at radius 3 is 1.93 bits per heavy atom. The van der Waals surface area contributed by atoms with Crippen LogP contribution in [0, 0.1) is 0 Å². The van der Waals surface area contributed by atoms with Crippen LogP contribution >= 0.6 is 0 Å². The van der Waals surface area contributed by atoms with Crippen molar-refractivity contribution >= 4 is 76.2 Å². The Morgan fingerprint density at radius 2 is 1.07 bits per heavy atom. The van der Waals surface area contributed by atoms with Gasteiger partial charge in [0.2, 0.25) is 5.95 Å². The number of hydrogen-bond donors (Lipinski definition) is 0. The molecule has 5 heteroatoms. The molecule has 12 rings (SSSR count). The Hall–Kier alpha value is -7.63. The number of para-hydroxylation sites is 3. The third kappa shape index (κ3) is 4.46. The van der Waals surface area contributed by atoms with E-state index in [1.54, 1.807) is 0 Å². The predicted molar refractivity (Wildman–Crippen MR) is 232 cm³/mol. The zero-order valence-corrected chi connectivity index (χ0v) is 30.1. The van der Waals surface area contributed by atoms with Crippen molar-refractivity contribution in [2.45, 2.75) is 0 Å². The lowest BCUT2D eigenvalue weighted by Crippen LogP contribution is -2.04. The summed E-state index contributed by atoms with van der Waals surface area (Å²) in [6, 6.07) is 64.9. The molecular weight excluding hydrogens is 683 g/mol. The summed E-state index contributed by atoms with van der Waals surface area (Å²) in [5.74, 6) is 0.613. The van der Waals surface area contributed by atoms with Crippen molar-refractivity contribution < 1.29 is 0 Å². The molecule has 0 aliphatic rings. The van der Waals surface area contributed by atoms with Crippen molar-refractivity contribution in [1.29, 1.82) is 0 Å². The van der Waals surface area contributed by atoms with Crippen molar-refractivity contribution in [3.8, 4) is 34.0 Å². The summed E-state index contributed by atoms with van der Waals surface area (Å²) in [5, 5.41) is 9.48. The molecule has 0 spiro atoms. The lowest BCUT2D eigenvalue weighted by atomic mass is 9.94. The molecule has 5 nitrogen and oxygen atoms in total. The Morgan fingerprint density at radius 1 is 0.393 bits per heavy atom. The Balaban J connectivity index is 1.17. The molecule has 0 bridgehead atoms. The van der Waals surface area contributed by atoms with Gasteiger partial charge in [-0.2, -0.15) is 0 Å². The largest absolute Gasteiger partial charge is 0.309 e. The van der Waals surface area contributed by atoms with Crippen LogP contribution in [0.3, 0.4) is 0 Å². The van der Waals surface area contributed by atoms with Gasteiger partial charge in [-0.25, -0.2) is 9.97 Å². The van der Waals surface area contributed by atoms with Gasteiger partial charge in [0.25, 0.3) is 0 Å². The first-order valence-corrected chi connectivity index (χ1v) is 19.0. The van der Waals surface area contributed by atoms with Gasteiger partial charge in [-0.3, -0.25) is 9.55 Å². The third-order valence-electron chi connectivity index (χ3n) is 11.4. The quantitative estimate of drug-likeness (QED) is 0.182. The van der Waals surface area contributed by atoms with Gasteiger partial charge < -0.3 is 4.57 Å². The van der Waals surface area contributed by atoms with Gasteiger partial charge in [-0.1, -0.05) is 127 Å². The van der Waals surface area contributed by atoms with E-state index in [1.165, 1.54) is 38.0 Å². The van der Waals surface area contributed by atoms with Gasteiger partial charge in [0, 0.05) is 39.0 Å². The van der Waals surface area contributed by atoms with E-state index in [-0.39, 0.29) is 0 Å². The molecule has 56 heavy (non-hydrogen) atoms. The number of pyridine rings is 1. The summed E-state index contributed by atoms with van der Waals surface area (Å²) in [6.45, 7) is 0. The van der Waals surface area contributed by atoms with Gasteiger partial charge in [-0.05, 0) is 87.3 Å². The van der Waals surface area contributed by atoms with Crippen LogP contribution in [0.5, 0.6) is 0 Å². The lowest BCUT2D eigenvalue weighted by molar-refractivity contribution is 1.01. The minimum Gasteiger partial charge on any atom is -0.309 e. The summed E-state index contributed by atoms with van der Waals surface area (Å²) >= 11 is 0. The summed E-state index contributed by atoms with van der Waals surface area (Å²) in [7, 11) is 0. The molecule has 0 saturated heterocycles. The van der Waals surface area contributed by atoms with Crippen LogP contribution < -0.4 is 0 Å². The first-order valence-electron chi connectivity index (χ1n) is 19.0. The maximum Gasteiger partial charge on any atom is 0.235 e. The van der Waals surface area contributed by atoms with Crippen molar-refractivity contribution in [3.63, 3.8) is 0 Å². The highest BCUT2D eigenvalue weighted by molar-refractivity contribution is 6.24. The lowest BCUT2D eigenvalue weighted by Gasteiger charge is -2.14. The number of hydrogen-bond acceptors (Lipinski definition) is 3. The fraction of sp³-hybridized carbons (Fsp3) is 0. The zero-order valence-electron chi connectivity index (χ0n) is 30.1. The first kappa shape index (κ1) is 30.8. The SMILES string of the molecule is c1ccc(-n2c3ccccc3c3cc(-c4cc5c(c6ccccc46)c4ccccc4n5-c4nc(-c5cccc6ccccc56)c5ncccc5n4)ccc32)cc1. The molecule has 0 aliphatic carbocycles. The molecule has 0 aliphatic heterocycles. The molecule has 0 atom stereocenters. The number of rotatable bonds is 4. The van der Waals surface area contributed by atoms with E-state index >= 15 is 0 Å². The van der Waals surface area contributed by atoms with Gasteiger partial charge in [0.05, 0.1) is 27.6 Å². The molecule has 4 heterocycles. The molecule has 0 saturated carbocycles. The average molecular weight is 714 g/mol. The van der Waals surface area contributed by atoms with Crippen LogP contribution in [0.4, 0.5) is 0 Å². The van der Waals surface area contributed by atoms with Crippen molar-refractivity contribution in [2.24, 2.45) is 0 Å². The monoisotopic (exact) mass is 713 g/mol. The fourth-order valence-corrected chi connectivity index (χ4v) is 8.95. The molecule has 12 aromatic rings. The maximum absolute atomic E-state index is 5.44. The molecule has 0 amide bonds. The number of benzene rings is 8. The fourth-order valence-electron chi connectivity index (χ4n) is 8.95. The Kier molecular flexibility index (Phi) is 6.56. The van der Waals surface area contributed by atoms with Crippen LogP contribution in [0.25, 0.3) is 110 Å². The molecule has 0 unspecified atom stereocenters. The summed E-state index contributed by atoms with van der Waals surface area (Å²) in [4.78, 5) is 15.5.